The highest BCUT2D eigenvalue weighted by atomic mass is 32.2. The van der Waals surface area contributed by atoms with Crippen molar-refractivity contribution in [3.05, 3.63) is 58.4 Å². The molecule has 0 spiro atoms. The Hall–Kier alpha value is -3.34. The summed E-state index contributed by atoms with van der Waals surface area (Å²) in [5.74, 6) is -2.57. The highest BCUT2D eigenvalue weighted by Gasteiger charge is 2.36. The van der Waals surface area contributed by atoms with Gasteiger partial charge in [0.2, 0.25) is 17.6 Å². The fraction of sp³-hybridized carbons (Fsp3) is 0.364. The van der Waals surface area contributed by atoms with E-state index in [0.29, 0.717) is 18.5 Å². The summed E-state index contributed by atoms with van der Waals surface area (Å²) < 4.78 is 38.9. The highest BCUT2D eigenvalue weighted by Crippen LogP contribution is 2.32. The maximum atomic E-state index is 13.6. The molecule has 1 saturated carbocycles. The summed E-state index contributed by atoms with van der Waals surface area (Å²) >= 11 is 0. The smallest absolute Gasteiger partial charge is 0.306 e. The average Bonchev–Trinajstić information content (AvgIpc) is 3.45. The van der Waals surface area contributed by atoms with Crippen molar-refractivity contribution in [1.82, 2.24) is 0 Å². The van der Waals surface area contributed by atoms with Gasteiger partial charge in [-0.25, -0.2) is 8.42 Å². The average molecular weight is 475 g/mol. The maximum absolute atomic E-state index is 13.6. The number of nitrogens with one attached hydrogen (secondary N) is 1. The highest BCUT2D eigenvalue weighted by molar-refractivity contribution is 7.92. The van der Waals surface area contributed by atoms with E-state index >= 15 is 0 Å². The Morgan fingerprint density at radius 2 is 1.79 bits per heavy atom. The molecule has 2 aromatic rings. The number of nitro groups is 1. The number of hydrogen-bond acceptors (Lipinski definition) is 6. The zero-order valence-corrected chi connectivity index (χ0v) is 18.4. The Morgan fingerprint density at radius 1 is 1.12 bits per heavy atom. The molecule has 0 radical (unpaired) electrons. The van der Waals surface area contributed by atoms with Gasteiger partial charge in [0.05, 0.1) is 26.7 Å². The monoisotopic (exact) mass is 475 g/mol. The molecular formula is C22H22FN3O6S. The third-order valence-electron chi connectivity index (χ3n) is 6.13. The van der Waals surface area contributed by atoms with E-state index in [1.165, 1.54) is 35.2 Å². The van der Waals surface area contributed by atoms with Crippen LogP contribution in [0.15, 0.2) is 47.4 Å². The second-order valence-corrected chi connectivity index (χ2v) is 10.5. The molecule has 2 aromatic carbocycles. The fourth-order valence-corrected chi connectivity index (χ4v) is 6.16. The van der Waals surface area contributed by atoms with Crippen LogP contribution in [-0.2, 0) is 19.4 Å². The number of carbonyl (C=O) groups is 2. The number of carbonyl (C=O) groups excluding carboxylic acids is 2. The maximum Gasteiger partial charge on any atom is 0.306 e. The molecule has 0 bridgehead atoms. The number of nitro benzene ring substituents is 1. The van der Waals surface area contributed by atoms with E-state index in [9.17, 15) is 32.5 Å². The summed E-state index contributed by atoms with van der Waals surface area (Å²) in [6.45, 7) is -0.0123. The molecule has 4 rings (SSSR count). The number of nitrogens with zero attached hydrogens (tertiary/aromatic N) is 2. The van der Waals surface area contributed by atoms with Crippen molar-refractivity contribution in [3.8, 4) is 0 Å². The van der Waals surface area contributed by atoms with Crippen LogP contribution in [0.1, 0.15) is 32.1 Å². The fourth-order valence-electron chi connectivity index (χ4n) is 4.30. The zero-order valence-electron chi connectivity index (χ0n) is 17.6. The molecule has 11 heteroatoms. The molecule has 33 heavy (non-hydrogen) atoms. The lowest BCUT2D eigenvalue weighted by Gasteiger charge is -2.17. The third-order valence-corrected chi connectivity index (χ3v) is 8.40. The van der Waals surface area contributed by atoms with Crippen LogP contribution in [0.5, 0.6) is 0 Å². The summed E-state index contributed by atoms with van der Waals surface area (Å²) in [5.41, 5.74) is -0.209. The van der Waals surface area contributed by atoms with Crippen LogP contribution >= 0.6 is 0 Å². The minimum Gasteiger partial charge on any atom is -0.326 e. The minimum absolute atomic E-state index is 0.0123. The first kappa shape index (κ1) is 22.8. The molecule has 174 valence electrons. The van der Waals surface area contributed by atoms with Crippen LogP contribution in [-0.4, -0.2) is 37.0 Å². The van der Waals surface area contributed by atoms with Crippen LogP contribution < -0.4 is 10.2 Å². The van der Waals surface area contributed by atoms with E-state index in [-0.39, 0.29) is 28.8 Å². The topological polar surface area (TPSA) is 127 Å². The van der Waals surface area contributed by atoms with Crippen LogP contribution in [0.2, 0.25) is 0 Å². The molecule has 1 unspecified atom stereocenters. The zero-order chi connectivity index (χ0) is 23.8. The van der Waals surface area contributed by atoms with Crippen LogP contribution in [0, 0.1) is 21.8 Å². The van der Waals surface area contributed by atoms with Gasteiger partial charge in [0, 0.05) is 24.7 Å². The van der Waals surface area contributed by atoms with Crippen molar-refractivity contribution in [2.45, 2.75) is 42.2 Å². The Kier molecular flexibility index (Phi) is 6.15. The van der Waals surface area contributed by atoms with Gasteiger partial charge in [0.15, 0.2) is 9.84 Å². The first-order chi connectivity index (χ1) is 15.7. The number of rotatable bonds is 6. The molecule has 1 N–H and O–H groups in total. The Morgan fingerprint density at radius 3 is 2.42 bits per heavy atom. The Labute approximate surface area is 189 Å². The second-order valence-electron chi connectivity index (χ2n) is 8.26. The van der Waals surface area contributed by atoms with Gasteiger partial charge in [-0.3, -0.25) is 19.7 Å². The number of halogens is 1. The first-order valence-corrected chi connectivity index (χ1v) is 12.1. The molecule has 2 fully saturated rings. The number of amides is 2. The second kappa shape index (κ2) is 8.89. The predicted molar refractivity (Wildman–Crippen MR) is 118 cm³/mol. The molecule has 2 amide bonds. The van der Waals surface area contributed by atoms with E-state index in [0.717, 1.165) is 25.0 Å². The lowest BCUT2D eigenvalue weighted by Crippen LogP contribution is -2.28. The van der Waals surface area contributed by atoms with Gasteiger partial charge in [-0.15, -0.1) is 0 Å². The van der Waals surface area contributed by atoms with Gasteiger partial charge in [0.1, 0.15) is 0 Å². The SMILES string of the molecule is O=C(Nc1ccc(S(=O)(=O)C2CCCC2)cc1)C1CC(=O)N(c2ccc(F)c([N+](=O)[O-])c2)C1. The number of anilines is 2. The van der Waals surface area contributed by atoms with Crippen molar-refractivity contribution >= 4 is 38.7 Å². The number of benzene rings is 2. The normalized spacial score (nSPS) is 19.1. The molecule has 9 nitrogen and oxygen atoms in total. The van der Waals surface area contributed by atoms with Crippen molar-refractivity contribution in [3.63, 3.8) is 0 Å². The molecule has 2 aliphatic rings. The van der Waals surface area contributed by atoms with Crippen LogP contribution in [0.4, 0.5) is 21.5 Å². The van der Waals surface area contributed by atoms with Gasteiger partial charge in [-0.2, -0.15) is 4.39 Å². The van der Waals surface area contributed by atoms with Crippen molar-refractivity contribution in [2.75, 3.05) is 16.8 Å². The molecule has 0 aromatic heterocycles. The molecule has 1 aliphatic carbocycles. The van der Waals surface area contributed by atoms with E-state index < -0.39 is 44.0 Å². The molecule has 1 aliphatic heterocycles. The molecule has 1 heterocycles. The summed E-state index contributed by atoms with van der Waals surface area (Å²) in [6.07, 6.45) is 3.01. The summed E-state index contributed by atoms with van der Waals surface area (Å²) in [4.78, 5) is 36.6. The Balaban J connectivity index is 1.43. The van der Waals surface area contributed by atoms with Gasteiger partial charge in [-0.05, 0) is 49.2 Å². The molecule has 1 saturated heterocycles. The number of sulfone groups is 1. The van der Waals surface area contributed by atoms with Gasteiger partial charge < -0.3 is 10.2 Å². The van der Waals surface area contributed by atoms with Gasteiger partial charge >= 0.3 is 5.69 Å². The quantitative estimate of drug-likeness (QED) is 0.504. The van der Waals surface area contributed by atoms with Crippen molar-refractivity contribution in [2.24, 2.45) is 5.92 Å². The van der Waals surface area contributed by atoms with E-state index in [1.54, 1.807) is 0 Å². The van der Waals surface area contributed by atoms with Crippen molar-refractivity contribution in [1.29, 1.82) is 0 Å². The summed E-state index contributed by atoms with van der Waals surface area (Å²) in [5, 5.41) is 13.3. The predicted octanol–water partition coefficient (Wildman–Crippen LogP) is 3.44. The first-order valence-electron chi connectivity index (χ1n) is 10.6. The number of hydrogen-bond donors (Lipinski definition) is 1. The van der Waals surface area contributed by atoms with Crippen molar-refractivity contribution < 1.29 is 27.3 Å². The summed E-state index contributed by atoms with van der Waals surface area (Å²) in [6, 6.07) is 9.09. The van der Waals surface area contributed by atoms with Crippen LogP contribution in [0.25, 0.3) is 0 Å². The standard InChI is InChI=1S/C22H22FN3O6S/c23-19-10-7-16(12-20(19)26(29)30)25-13-14(11-21(25)27)22(28)24-15-5-8-18(9-6-15)33(31,32)17-3-1-2-4-17/h5-10,12,14,17H,1-4,11,13H2,(H,24,28). The molecular weight excluding hydrogens is 453 g/mol. The minimum atomic E-state index is -3.40. The van der Waals surface area contributed by atoms with E-state index in [1.807, 2.05) is 0 Å². The van der Waals surface area contributed by atoms with Gasteiger partial charge in [-0.1, -0.05) is 12.8 Å². The third kappa shape index (κ3) is 4.58. The van der Waals surface area contributed by atoms with Gasteiger partial charge in [0.25, 0.3) is 0 Å². The lowest BCUT2D eigenvalue weighted by atomic mass is 10.1. The lowest BCUT2D eigenvalue weighted by molar-refractivity contribution is -0.387. The van der Waals surface area contributed by atoms with E-state index in [2.05, 4.69) is 5.32 Å². The Bertz CT molecular complexity index is 1210. The van der Waals surface area contributed by atoms with E-state index in [4.69, 9.17) is 0 Å². The van der Waals surface area contributed by atoms with Crippen LogP contribution in [0.3, 0.4) is 0 Å². The largest absolute Gasteiger partial charge is 0.326 e. The molecule has 1 atom stereocenters. The summed E-state index contributed by atoms with van der Waals surface area (Å²) in [7, 11) is -3.40.